The fourth-order valence-corrected chi connectivity index (χ4v) is 5.48. The van der Waals surface area contributed by atoms with Gasteiger partial charge in [-0.1, -0.05) is 15.9 Å². The van der Waals surface area contributed by atoms with Crippen molar-refractivity contribution in [3.63, 3.8) is 0 Å². The van der Waals surface area contributed by atoms with E-state index in [4.69, 9.17) is 14.9 Å². The van der Waals surface area contributed by atoms with E-state index >= 15 is 0 Å². The number of benzene rings is 1. The highest BCUT2D eigenvalue weighted by atomic mass is 79.9. The van der Waals surface area contributed by atoms with Crippen molar-refractivity contribution < 1.29 is 27.5 Å². The van der Waals surface area contributed by atoms with E-state index in [2.05, 4.69) is 31.3 Å². The van der Waals surface area contributed by atoms with Crippen LogP contribution in [0.5, 0.6) is 5.75 Å². The molecule has 206 valence electrons. The maximum Gasteiger partial charge on any atom is 0.291 e. The molecule has 2 amide bonds. The van der Waals surface area contributed by atoms with E-state index in [9.17, 15) is 18.4 Å². The molecule has 0 unspecified atom stereocenters. The van der Waals surface area contributed by atoms with Crippen LogP contribution in [0.15, 0.2) is 57.6 Å². The second kappa shape index (κ2) is 11.2. The largest absolute Gasteiger partial charge is 0.486 e. The number of nitrogens with two attached hydrogens (primary N) is 1. The number of halogens is 3. The number of aryl methyl sites for hydroxylation is 1. The Morgan fingerprint density at radius 1 is 1.20 bits per heavy atom. The smallest absolute Gasteiger partial charge is 0.291 e. The molecule has 1 aromatic carbocycles. The van der Waals surface area contributed by atoms with Crippen LogP contribution >= 0.6 is 27.3 Å². The van der Waals surface area contributed by atoms with E-state index in [1.165, 1.54) is 12.1 Å². The van der Waals surface area contributed by atoms with Gasteiger partial charge in [-0.2, -0.15) is 5.10 Å². The summed E-state index contributed by atoms with van der Waals surface area (Å²) >= 11 is 4.19. The predicted octanol–water partition coefficient (Wildman–Crippen LogP) is 6.71. The number of aromatic nitrogens is 3. The molecule has 0 aliphatic heterocycles. The van der Waals surface area contributed by atoms with E-state index in [-0.39, 0.29) is 27.8 Å². The first-order chi connectivity index (χ1) is 19.2. The number of amides is 2. The summed E-state index contributed by atoms with van der Waals surface area (Å²) in [6, 6.07) is 11.5. The molecule has 0 radical (unpaired) electrons. The summed E-state index contributed by atoms with van der Waals surface area (Å²) in [5.74, 6) is -0.539. The van der Waals surface area contributed by atoms with E-state index in [1.54, 1.807) is 36.0 Å². The summed E-state index contributed by atoms with van der Waals surface area (Å²) in [5.41, 5.74) is 6.85. The van der Waals surface area contributed by atoms with Crippen LogP contribution in [0.4, 0.5) is 14.5 Å². The first kappa shape index (κ1) is 27.5. The van der Waals surface area contributed by atoms with Gasteiger partial charge in [-0.25, -0.2) is 13.8 Å². The first-order valence-corrected chi connectivity index (χ1v) is 13.6. The van der Waals surface area contributed by atoms with Crippen LogP contribution in [0, 0.1) is 6.92 Å². The van der Waals surface area contributed by atoms with Crippen molar-refractivity contribution in [3.8, 4) is 16.9 Å². The quantitative estimate of drug-likeness (QED) is 0.187. The van der Waals surface area contributed by atoms with Gasteiger partial charge >= 0.3 is 0 Å². The molecule has 0 atom stereocenters. The summed E-state index contributed by atoms with van der Waals surface area (Å²) in [4.78, 5) is 29.8. The van der Waals surface area contributed by atoms with Crippen molar-refractivity contribution in [3.05, 3.63) is 80.9 Å². The van der Waals surface area contributed by atoms with Crippen LogP contribution in [-0.2, 0) is 13.2 Å². The van der Waals surface area contributed by atoms with E-state index < -0.39 is 23.9 Å². The average molecular weight is 630 g/mol. The summed E-state index contributed by atoms with van der Waals surface area (Å²) in [7, 11) is 0. The zero-order valence-corrected chi connectivity index (χ0v) is 23.6. The van der Waals surface area contributed by atoms with Gasteiger partial charge in [0.05, 0.1) is 11.9 Å². The van der Waals surface area contributed by atoms with Crippen LogP contribution in [0.2, 0.25) is 0 Å². The number of fused-ring (bicyclic) bond motifs is 1. The van der Waals surface area contributed by atoms with Gasteiger partial charge < -0.3 is 20.2 Å². The maximum atomic E-state index is 13.8. The van der Waals surface area contributed by atoms with Gasteiger partial charge in [0, 0.05) is 27.7 Å². The molecular weight excluding hydrogens is 608 g/mol. The number of nitrogens with one attached hydrogen (secondary N) is 1. The van der Waals surface area contributed by atoms with E-state index in [1.807, 2.05) is 19.1 Å². The first-order valence-electron chi connectivity index (χ1n) is 12.0. The van der Waals surface area contributed by atoms with Crippen molar-refractivity contribution in [2.24, 2.45) is 5.73 Å². The van der Waals surface area contributed by atoms with Gasteiger partial charge in [-0.15, -0.1) is 11.3 Å². The Morgan fingerprint density at radius 3 is 2.60 bits per heavy atom. The Bertz CT molecular complexity index is 1730. The number of carbonyl (C=O) groups excluding carboxylic acids is 2. The zero-order valence-electron chi connectivity index (χ0n) is 21.2. The lowest BCUT2D eigenvalue weighted by Crippen LogP contribution is -2.16. The summed E-state index contributed by atoms with van der Waals surface area (Å²) in [5, 5.41) is 7.33. The van der Waals surface area contributed by atoms with E-state index in [0.717, 1.165) is 21.5 Å². The number of carbonyl (C=O) groups is 2. The van der Waals surface area contributed by atoms with Gasteiger partial charge in [0.2, 0.25) is 0 Å². The number of nitrogens with zero attached hydrogens (tertiary/aromatic N) is 3. The number of alkyl halides is 2. The Hall–Kier alpha value is -4.10. The standard InChI is InChI=1S/C27H22BrF2N5O4S/c1-3-35-13(2)18(11-32-35)17-10-19(24(29)30)33-27-21(17)22(23(40-27)25(31)36)34-26(37)20-9-8-16(39-20)12-38-15-6-4-14(28)5-7-15/h4-11,24H,3,12H2,1-2H3,(H2,31,36)(H,34,37). The van der Waals surface area contributed by atoms with E-state index in [0.29, 0.717) is 34.6 Å². The summed E-state index contributed by atoms with van der Waals surface area (Å²) in [6.07, 6.45) is -1.30. The van der Waals surface area contributed by atoms with Crippen molar-refractivity contribution in [1.29, 1.82) is 0 Å². The molecule has 0 spiro atoms. The van der Waals surface area contributed by atoms with Crippen LogP contribution in [0.25, 0.3) is 21.3 Å². The van der Waals surface area contributed by atoms with Crippen molar-refractivity contribution in [2.75, 3.05) is 5.32 Å². The summed E-state index contributed by atoms with van der Waals surface area (Å²) in [6.45, 7) is 4.35. The third kappa shape index (κ3) is 5.34. The topological polar surface area (TPSA) is 125 Å². The van der Waals surface area contributed by atoms with Crippen LogP contribution in [-0.4, -0.2) is 26.6 Å². The minimum atomic E-state index is -2.86. The molecule has 3 N–H and O–H groups in total. The maximum absolute atomic E-state index is 13.8. The fraction of sp³-hybridized carbons (Fsp3) is 0.185. The molecule has 4 heterocycles. The molecule has 40 heavy (non-hydrogen) atoms. The normalized spacial score (nSPS) is 11.3. The molecular formula is C27H22BrF2N5O4S. The third-order valence-electron chi connectivity index (χ3n) is 6.14. The molecule has 5 aromatic rings. The molecule has 0 bridgehead atoms. The Balaban J connectivity index is 1.52. The molecule has 0 aliphatic carbocycles. The molecule has 5 rings (SSSR count). The van der Waals surface area contributed by atoms with Gasteiger partial charge in [0.25, 0.3) is 18.2 Å². The van der Waals surface area contributed by atoms with Gasteiger partial charge in [-0.3, -0.25) is 14.3 Å². The highest BCUT2D eigenvalue weighted by molar-refractivity contribution is 9.10. The molecule has 13 heteroatoms. The average Bonchev–Trinajstić information content (AvgIpc) is 3.65. The number of furan rings is 1. The Labute approximate surface area is 239 Å². The number of thiophene rings is 1. The van der Waals surface area contributed by atoms with Gasteiger partial charge in [0.1, 0.15) is 33.5 Å². The van der Waals surface area contributed by atoms with Gasteiger partial charge in [0.15, 0.2) is 5.76 Å². The SMILES string of the molecule is CCn1ncc(-c2cc(C(F)F)nc3sc(C(N)=O)c(NC(=O)c4ccc(COc5ccc(Br)cc5)o4)c23)c1C. The lowest BCUT2D eigenvalue weighted by atomic mass is 10.0. The van der Waals surface area contributed by atoms with Crippen LogP contribution in [0.1, 0.15) is 50.7 Å². The number of hydrogen-bond donors (Lipinski definition) is 2. The second-order valence-electron chi connectivity index (χ2n) is 8.67. The number of primary amides is 1. The number of hydrogen-bond acceptors (Lipinski definition) is 7. The lowest BCUT2D eigenvalue weighted by molar-refractivity contribution is 0.0992. The predicted molar refractivity (Wildman–Crippen MR) is 150 cm³/mol. The Morgan fingerprint density at radius 2 is 1.95 bits per heavy atom. The highest BCUT2D eigenvalue weighted by Crippen LogP contribution is 2.43. The molecule has 0 fully saturated rings. The minimum Gasteiger partial charge on any atom is -0.486 e. The van der Waals surface area contributed by atoms with Crippen LogP contribution in [0.3, 0.4) is 0 Å². The van der Waals surface area contributed by atoms with Crippen LogP contribution < -0.4 is 15.8 Å². The molecule has 0 aliphatic rings. The summed E-state index contributed by atoms with van der Waals surface area (Å²) < 4.78 is 41.5. The molecule has 0 saturated carbocycles. The third-order valence-corrected chi connectivity index (χ3v) is 7.77. The number of ether oxygens (including phenoxy) is 1. The fourth-order valence-electron chi connectivity index (χ4n) is 4.20. The lowest BCUT2D eigenvalue weighted by Gasteiger charge is -2.10. The van der Waals surface area contributed by atoms with Crippen molar-refractivity contribution in [1.82, 2.24) is 14.8 Å². The molecule has 4 aromatic heterocycles. The monoisotopic (exact) mass is 629 g/mol. The number of pyridine rings is 1. The number of rotatable bonds is 9. The van der Waals surface area contributed by atoms with Crippen molar-refractivity contribution in [2.45, 2.75) is 33.4 Å². The second-order valence-corrected chi connectivity index (χ2v) is 10.6. The number of anilines is 1. The minimum absolute atomic E-state index is 0.0330. The highest BCUT2D eigenvalue weighted by Gasteiger charge is 2.27. The Kier molecular flexibility index (Phi) is 7.68. The molecule has 0 saturated heterocycles. The molecule has 9 nitrogen and oxygen atoms in total. The zero-order chi connectivity index (χ0) is 28.6. The van der Waals surface area contributed by atoms with Crippen molar-refractivity contribution >= 4 is 55.0 Å². The van der Waals surface area contributed by atoms with Gasteiger partial charge in [-0.05, 0) is 61.9 Å².